The average Bonchev–Trinajstić information content (AvgIpc) is 3.12. The molecule has 13 heteroatoms. The van der Waals surface area contributed by atoms with Crippen molar-refractivity contribution in [1.82, 2.24) is 19.5 Å². The smallest absolute Gasteiger partial charge is 0.374 e. The van der Waals surface area contributed by atoms with Crippen molar-refractivity contribution in [1.29, 1.82) is 0 Å². The normalized spacial score (nSPS) is 26.5. The van der Waals surface area contributed by atoms with Crippen LogP contribution in [0.3, 0.4) is 0 Å². The Morgan fingerprint density at radius 1 is 1.28 bits per heavy atom. The molecular weight excluding hydrogens is 441 g/mol. The van der Waals surface area contributed by atoms with Crippen LogP contribution in [-0.4, -0.2) is 55.4 Å². The van der Waals surface area contributed by atoms with Crippen LogP contribution in [0.25, 0.3) is 11.2 Å². The van der Waals surface area contributed by atoms with E-state index in [1.807, 2.05) is 20.8 Å². The average molecular weight is 473 g/mol. The largest absolute Gasteiger partial charge is 0.473 e. The molecule has 2 aromatic heterocycles. The summed E-state index contributed by atoms with van der Waals surface area (Å²) in [5.41, 5.74) is 4.40. The fraction of sp³-hybridized carbons (Fsp3) is 0.737. The number of H-pyrrole nitrogens is 1. The molecule has 0 saturated carbocycles. The molecular formula is C19H32N5O7P. The summed E-state index contributed by atoms with van der Waals surface area (Å²) in [7, 11) is -3.02. The number of anilines is 1. The molecule has 1 fully saturated rings. The lowest BCUT2D eigenvalue weighted by Crippen LogP contribution is -2.37. The Morgan fingerprint density at radius 2 is 1.94 bits per heavy atom. The molecule has 5 atom stereocenters. The number of nitrogens with zero attached hydrogens (tertiary/aromatic N) is 3. The molecule has 0 bridgehead atoms. The van der Waals surface area contributed by atoms with E-state index in [0.29, 0.717) is 6.42 Å². The second-order valence-electron chi connectivity index (χ2n) is 10.0. The molecule has 12 nitrogen and oxygen atoms in total. The number of fused-ring (bicyclic) bond motifs is 1. The molecule has 180 valence electrons. The van der Waals surface area contributed by atoms with Crippen LogP contribution >= 0.6 is 7.82 Å². The lowest BCUT2D eigenvalue weighted by atomic mass is 9.87. The van der Waals surface area contributed by atoms with Crippen LogP contribution in [0.15, 0.2) is 11.1 Å². The number of methoxy groups -OCH3 is 1. The summed E-state index contributed by atoms with van der Waals surface area (Å²) >= 11 is 0. The predicted octanol–water partition coefficient (Wildman–Crippen LogP) is 2.35. The fourth-order valence-electron chi connectivity index (χ4n) is 3.73. The van der Waals surface area contributed by atoms with Crippen molar-refractivity contribution in [2.75, 3.05) is 12.8 Å². The Kier molecular flexibility index (Phi) is 6.60. The first kappa shape index (κ1) is 24.8. The molecule has 1 saturated heterocycles. The highest BCUT2D eigenvalue weighted by atomic mass is 31.2. The van der Waals surface area contributed by atoms with E-state index in [9.17, 15) is 14.3 Å². The zero-order valence-electron chi connectivity index (χ0n) is 19.4. The Hall–Kier alpha value is -1.82. The summed E-state index contributed by atoms with van der Waals surface area (Å²) in [4.78, 5) is 33.3. The molecule has 3 rings (SSSR count). The number of nitrogens with two attached hydrogens (primary N) is 1. The topological polar surface area (TPSA) is 164 Å². The molecule has 32 heavy (non-hydrogen) atoms. The molecule has 1 unspecified atom stereocenters. The molecule has 3 heterocycles. The maximum Gasteiger partial charge on any atom is 0.473 e. The Balaban J connectivity index is 2.02. The minimum Gasteiger partial charge on any atom is -0.374 e. The van der Waals surface area contributed by atoms with E-state index in [1.54, 1.807) is 20.8 Å². The van der Waals surface area contributed by atoms with E-state index in [2.05, 4.69) is 15.0 Å². The minimum absolute atomic E-state index is 0.0753. The monoisotopic (exact) mass is 473 g/mol. The maximum absolute atomic E-state index is 12.8. The van der Waals surface area contributed by atoms with Gasteiger partial charge in [-0.05, 0) is 32.6 Å². The van der Waals surface area contributed by atoms with Crippen molar-refractivity contribution in [3.8, 4) is 0 Å². The first-order valence-corrected chi connectivity index (χ1v) is 11.7. The van der Waals surface area contributed by atoms with Crippen molar-refractivity contribution < 1.29 is 28.0 Å². The van der Waals surface area contributed by atoms with Crippen molar-refractivity contribution in [2.24, 2.45) is 5.41 Å². The van der Waals surface area contributed by atoms with Crippen LogP contribution in [0.2, 0.25) is 0 Å². The van der Waals surface area contributed by atoms with E-state index in [-0.39, 0.29) is 22.5 Å². The number of nitrogens with one attached hydrogen (secondary N) is 1. The number of imidazole rings is 1. The van der Waals surface area contributed by atoms with E-state index in [1.165, 1.54) is 18.0 Å². The molecule has 2 aromatic rings. The van der Waals surface area contributed by atoms with Crippen LogP contribution in [0.1, 0.15) is 54.2 Å². The van der Waals surface area contributed by atoms with E-state index in [4.69, 9.17) is 24.3 Å². The van der Waals surface area contributed by atoms with E-state index < -0.39 is 43.5 Å². The molecule has 0 aliphatic carbocycles. The van der Waals surface area contributed by atoms with Crippen LogP contribution < -0.4 is 11.3 Å². The molecule has 0 radical (unpaired) electrons. The zero-order chi connectivity index (χ0) is 24.1. The van der Waals surface area contributed by atoms with Crippen LogP contribution in [-0.2, 0) is 23.1 Å². The fourth-order valence-corrected chi connectivity index (χ4v) is 5.03. The van der Waals surface area contributed by atoms with Gasteiger partial charge in [0.25, 0.3) is 5.56 Å². The zero-order valence-corrected chi connectivity index (χ0v) is 20.3. The lowest BCUT2D eigenvalue weighted by Gasteiger charge is -2.30. The molecule has 0 amide bonds. The number of nitrogen functional groups attached to an aromatic ring is 1. The molecule has 0 aromatic carbocycles. The molecule has 1 aliphatic heterocycles. The van der Waals surface area contributed by atoms with Crippen LogP contribution in [0.4, 0.5) is 5.95 Å². The maximum atomic E-state index is 12.8. The number of hydrogen-bond donors (Lipinski definition) is 3. The van der Waals surface area contributed by atoms with Gasteiger partial charge in [-0.25, -0.2) is 9.55 Å². The van der Waals surface area contributed by atoms with Gasteiger partial charge in [0, 0.05) is 7.11 Å². The van der Waals surface area contributed by atoms with Gasteiger partial charge < -0.3 is 20.1 Å². The van der Waals surface area contributed by atoms with Gasteiger partial charge in [-0.15, -0.1) is 0 Å². The summed E-state index contributed by atoms with van der Waals surface area (Å²) < 4.78 is 37.1. The predicted molar refractivity (Wildman–Crippen MR) is 117 cm³/mol. The van der Waals surface area contributed by atoms with Gasteiger partial charge >= 0.3 is 7.82 Å². The number of ether oxygens (including phenoxy) is 2. The summed E-state index contributed by atoms with van der Waals surface area (Å²) in [6.07, 6.45) is -1.35. The number of rotatable bonds is 6. The highest BCUT2D eigenvalue weighted by Gasteiger charge is 2.51. The quantitative estimate of drug-likeness (QED) is 0.530. The molecule has 0 spiro atoms. The Labute approximate surface area is 186 Å². The third kappa shape index (κ3) is 5.56. The Morgan fingerprint density at radius 3 is 2.50 bits per heavy atom. The molecule has 1 aliphatic rings. The van der Waals surface area contributed by atoms with Crippen molar-refractivity contribution >= 4 is 24.9 Å². The van der Waals surface area contributed by atoms with Gasteiger partial charge in [-0.3, -0.25) is 23.4 Å². The highest BCUT2D eigenvalue weighted by Crippen LogP contribution is 2.52. The summed E-state index contributed by atoms with van der Waals surface area (Å²) in [6.45, 7) is 11.0. The lowest BCUT2D eigenvalue weighted by molar-refractivity contribution is -0.0550. The third-order valence-corrected chi connectivity index (χ3v) is 6.03. The van der Waals surface area contributed by atoms with Crippen molar-refractivity contribution in [2.45, 2.75) is 78.1 Å². The first-order valence-electron chi connectivity index (χ1n) is 10.2. The van der Waals surface area contributed by atoms with Gasteiger partial charge in [0.15, 0.2) is 17.4 Å². The second kappa shape index (κ2) is 8.51. The summed E-state index contributed by atoms with van der Waals surface area (Å²) in [5, 5.41) is 0. The minimum atomic E-state index is -4.46. The van der Waals surface area contributed by atoms with Gasteiger partial charge in [-0.2, -0.15) is 4.98 Å². The van der Waals surface area contributed by atoms with E-state index in [0.717, 1.165) is 0 Å². The Bertz CT molecular complexity index is 1070. The standard InChI is InChI=1S/C19H32N5O7P/c1-18(2,3)8-10-12(30-32(26,27)31-19(4,5)6)13(28-7)16(29-10)24-9-21-11-14(24)22-17(20)23-15(11)25/h9-10,12-13,16H,8H2,1-7H3,(H,26,27)(H3,20,22,23,25)/t10-,12-,13-,16-/m1/s1. The van der Waals surface area contributed by atoms with Crippen molar-refractivity contribution in [3.63, 3.8) is 0 Å². The van der Waals surface area contributed by atoms with Gasteiger partial charge in [0.05, 0.1) is 18.0 Å². The number of phosphoric acid groups is 1. The van der Waals surface area contributed by atoms with Gasteiger partial charge in [0.1, 0.15) is 12.2 Å². The van der Waals surface area contributed by atoms with Gasteiger partial charge in [-0.1, -0.05) is 20.8 Å². The third-order valence-electron chi connectivity index (χ3n) is 4.74. The summed E-state index contributed by atoms with van der Waals surface area (Å²) in [6, 6.07) is 0. The summed E-state index contributed by atoms with van der Waals surface area (Å²) in [5.74, 6) is -0.0753. The van der Waals surface area contributed by atoms with Gasteiger partial charge in [0.2, 0.25) is 5.95 Å². The second-order valence-corrected chi connectivity index (χ2v) is 11.4. The SMILES string of the molecule is CO[C@@H]1[C@H](OP(=O)(O)OC(C)(C)C)[C@@H](CC(C)(C)C)O[C@H]1n1cnc2c(=O)[nH]c(N)nc21. The number of aromatic nitrogens is 4. The number of hydrogen-bond acceptors (Lipinski definition) is 9. The van der Waals surface area contributed by atoms with Crippen LogP contribution in [0.5, 0.6) is 0 Å². The van der Waals surface area contributed by atoms with Crippen molar-refractivity contribution in [3.05, 3.63) is 16.7 Å². The first-order chi connectivity index (χ1) is 14.6. The van der Waals surface area contributed by atoms with Crippen LogP contribution in [0, 0.1) is 5.41 Å². The number of phosphoric ester groups is 1. The number of aromatic amines is 1. The highest BCUT2D eigenvalue weighted by molar-refractivity contribution is 7.47. The molecule has 4 N–H and O–H groups in total. The van der Waals surface area contributed by atoms with E-state index >= 15 is 0 Å².